The first-order valence-electron chi connectivity index (χ1n) is 19.6. The molecule has 1 atom stereocenters. The van der Waals surface area contributed by atoms with Gasteiger partial charge < -0.3 is 9.80 Å². The van der Waals surface area contributed by atoms with Crippen LogP contribution in [0.4, 0.5) is 4.39 Å². The van der Waals surface area contributed by atoms with Crippen molar-refractivity contribution in [3.63, 3.8) is 0 Å². The topological polar surface area (TPSA) is 111 Å². The predicted molar refractivity (Wildman–Crippen MR) is 214 cm³/mol. The zero-order chi connectivity index (χ0) is 39.8. The fraction of sp³-hybridized carbons (Fsp3) is 0.370. The summed E-state index contributed by atoms with van der Waals surface area (Å²) in [6.45, 7) is 7.64. The van der Waals surface area contributed by atoms with Gasteiger partial charge >= 0.3 is 0 Å². The highest BCUT2D eigenvalue weighted by Crippen LogP contribution is 2.33. The summed E-state index contributed by atoms with van der Waals surface area (Å²) in [6, 6.07) is 18.1. The van der Waals surface area contributed by atoms with Crippen molar-refractivity contribution < 1.29 is 18.8 Å². The van der Waals surface area contributed by atoms with E-state index in [9.17, 15) is 19.6 Å². The summed E-state index contributed by atoms with van der Waals surface area (Å²) in [4.78, 5) is 40.9. The first kappa shape index (κ1) is 38.2. The lowest BCUT2D eigenvalue weighted by Crippen LogP contribution is -2.52. The Morgan fingerprint density at radius 3 is 2.39 bits per heavy atom. The van der Waals surface area contributed by atoms with Gasteiger partial charge in [0.15, 0.2) is 0 Å². The number of fused-ring (bicyclic) bond motifs is 1. The summed E-state index contributed by atoms with van der Waals surface area (Å²) in [7, 11) is 0. The Morgan fingerprint density at radius 2 is 1.67 bits per heavy atom. The summed E-state index contributed by atoms with van der Waals surface area (Å²) in [6.07, 6.45) is 4.92. The molecule has 8 rings (SSSR count). The summed E-state index contributed by atoms with van der Waals surface area (Å²) >= 11 is 6.30. The summed E-state index contributed by atoms with van der Waals surface area (Å²) in [5.74, 6) is 12.7. The maximum absolute atomic E-state index is 15.0. The maximum Gasteiger partial charge on any atom is 0.255 e. The van der Waals surface area contributed by atoms with Gasteiger partial charge in [0.05, 0.1) is 28.4 Å². The molecule has 0 spiro atoms. The molecule has 1 aromatic heterocycles. The van der Waals surface area contributed by atoms with E-state index in [2.05, 4.69) is 78.1 Å². The number of nitrogens with one attached hydrogen (secondary N) is 1. The van der Waals surface area contributed by atoms with Crippen LogP contribution in [0.3, 0.4) is 0 Å². The quantitative estimate of drug-likeness (QED) is 0.171. The van der Waals surface area contributed by atoms with Gasteiger partial charge in [-0.3, -0.25) is 24.4 Å². The van der Waals surface area contributed by atoms with Crippen molar-refractivity contribution in [3.8, 4) is 41.0 Å². The molecule has 3 amide bonds. The molecule has 1 saturated carbocycles. The van der Waals surface area contributed by atoms with E-state index in [1.54, 1.807) is 12.1 Å². The van der Waals surface area contributed by atoms with Gasteiger partial charge in [-0.15, -0.1) is 0 Å². The number of benzene rings is 3. The van der Waals surface area contributed by atoms with E-state index in [1.807, 2.05) is 10.7 Å². The van der Waals surface area contributed by atoms with Crippen LogP contribution in [0.1, 0.15) is 88.0 Å². The largest absolute Gasteiger partial charge is 0.322 e. The Kier molecular flexibility index (Phi) is 10.7. The molecule has 3 aliphatic heterocycles. The molecule has 3 fully saturated rings. The molecule has 0 bridgehead atoms. The van der Waals surface area contributed by atoms with Crippen LogP contribution in [0.25, 0.3) is 11.3 Å². The highest BCUT2D eigenvalue weighted by Gasteiger charge is 2.39. The lowest BCUT2D eigenvalue weighted by atomic mass is 9.81. The number of carbonyl (C=O) groups is 3. The minimum atomic E-state index is -0.734. The highest BCUT2D eigenvalue weighted by atomic mass is 35.5. The summed E-state index contributed by atoms with van der Waals surface area (Å²) < 4.78 is 17.0. The van der Waals surface area contributed by atoms with Crippen LogP contribution >= 0.6 is 11.6 Å². The molecule has 4 aromatic rings. The number of aromatic nitrogens is 2. The van der Waals surface area contributed by atoms with E-state index in [1.165, 1.54) is 17.0 Å². The number of hydrogen-bond donors (Lipinski definition) is 1. The average molecular weight is 781 g/mol. The van der Waals surface area contributed by atoms with Crippen molar-refractivity contribution >= 4 is 29.3 Å². The molecule has 57 heavy (non-hydrogen) atoms. The highest BCUT2D eigenvalue weighted by molar-refractivity contribution is 6.32. The van der Waals surface area contributed by atoms with E-state index in [0.29, 0.717) is 40.1 Å². The van der Waals surface area contributed by atoms with Crippen molar-refractivity contribution in [1.82, 2.24) is 24.9 Å². The smallest absolute Gasteiger partial charge is 0.255 e. The molecule has 1 unspecified atom stereocenters. The number of nitriles is 1. The van der Waals surface area contributed by atoms with Crippen LogP contribution in [0, 0.1) is 72.4 Å². The van der Waals surface area contributed by atoms with Gasteiger partial charge in [-0.25, -0.2) is 4.39 Å². The van der Waals surface area contributed by atoms with Crippen LogP contribution in [-0.4, -0.2) is 63.0 Å². The number of imide groups is 1. The van der Waals surface area contributed by atoms with Crippen LogP contribution in [0.15, 0.2) is 54.6 Å². The Balaban J connectivity index is 0.784. The number of likely N-dealkylation sites (tertiary alicyclic amines) is 1. The molecule has 4 heterocycles. The van der Waals surface area contributed by atoms with Gasteiger partial charge in [-0.2, -0.15) is 10.4 Å². The van der Waals surface area contributed by atoms with Crippen molar-refractivity contribution in [1.29, 1.82) is 5.26 Å². The molecule has 11 heteroatoms. The minimum Gasteiger partial charge on any atom is -0.322 e. The number of carbonyl (C=O) groups excluding carboxylic acids is 3. The van der Waals surface area contributed by atoms with E-state index in [-0.39, 0.29) is 42.7 Å². The lowest BCUT2D eigenvalue weighted by molar-refractivity contribution is -0.136. The summed E-state index contributed by atoms with van der Waals surface area (Å²) in [5, 5.41) is 16.8. The zero-order valence-corrected chi connectivity index (χ0v) is 32.8. The number of nitrogens with zero attached hydrogens (tertiary/aromatic N) is 5. The Labute approximate surface area is 337 Å². The molecule has 288 valence electrons. The molecule has 1 aliphatic carbocycles. The van der Waals surface area contributed by atoms with E-state index >= 15 is 4.39 Å². The molecule has 3 aromatic carbocycles. The first-order valence-corrected chi connectivity index (χ1v) is 20.0. The third-order valence-corrected chi connectivity index (χ3v) is 12.2. The lowest BCUT2D eigenvalue weighted by Gasteiger charge is -2.40. The Hall–Kier alpha value is -5.73. The Morgan fingerprint density at radius 1 is 0.912 bits per heavy atom. The normalized spacial score (nSPS) is 20.8. The third-order valence-electron chi connectivity index (χ3n) is 11.9. The van der Waals surface area contributed by atoms with Crippen LogP contribution in [-0.2, 0) is 22.7 Å². The van der Waals surface area contributed by atoms with Gasteiger partial charge in [0, 0.05) is 66.8 Å². The molecule has 1 N–H and O–H groups in total. The summed E-state index contributed by atoms with van der Waals surface area (Å²) in [5.41, 5.74) is 7.63. The number of rotatable bonds is 6. The first-order chi connectivity index (χ1) is 27.5. The van der Waals surface area contributed by atoms with E-state index in [4.69, 9.17) is 16.7 Å². The minimum absolute atomic E-state index is 0.140. The SMILES string of the molecule is Cc1c(-c2ccc(C#N)c(Cl)c2)nn(Cc2ccc(C#CC3CCC(CN4CC(C#Cc5cc6c(cc5F)CN(C5CCC(=O)NC5=O)C6=O)C4)CC3)cc2)c1C. The van der Waals surface area contributed by atoms with Gasteiger partial charge in [0.25, 0.3) is 5.91 Å². The molecule has 2 saturated heterocycles. The van der Waals surface area contributed by atoms with Crippen molar-refractivity contribution in [2.75, 3.05) is 19.6 Å². The van der Waals surface area contributed by atoms with Crippen LogP contribution < -0.4 is 5.32 Å². The Bertz CT molecular complexity index is 2450. The van der Waals surface area contributed by atoms with Gasteiger partial charge in [0.2, 0.25) is 11.8 Å². The molecular formula is C46H42ClFN6O3. The number of amides is 3. The zero-order valence-electron chi connectivity index (χ0n) is 32.0. The van der Waals surface area contributed by atoms with Crippen molar-refractivity contribution in [2.24, 2.45) is 17.8 Å². The maximum atomic E-state index is 15.0. The fourth-order valence-corrected chi connectivity index (χ4v) is 8.62. The molecular weight excluding hydrogens is 739 g/mol. The van der Waals surface area contributed by atoms with Gasteiger partial charge in [-0.05, 0) is 105 Å². The number of piperidine rings is 1. The molecule has 4 aliphatic rings. The number of halogens is 2. The third kappa shape index (κ3) is 8.10. The second-order valence-electron chi connectivity index (χ2n) is 15.8. The van der Waals surface area contributed by atoms with E-state index in [0.717, 1.165) is 79.0 Å². The second-order valence-corrected chi connectivity index (χ2v) is 16.2. The van der Waals surface area contributed by atoms with Crippen molar-refractivity contribution in [2.45, 2.75) is 71.5 Å². The predicted octanol–water partition coefficient (Wildman–Crippen LogP) is 6.78. The van der Waals surface area contributed by atoms with Crippen LogP contribution in [0.2, 0.25) is 5.02 Å². The van der Waals surface area contributed by atoms with Crippen molar-refractivity contribution in [3.05, 3.63) is 110 Å². The molecule has 9 nitrogen and oxygen atoms in total. The fourth-order valence-electron chi connectivity index (χ4n) is 8.39. The standard InChI is InChI=1S/C46H42ClFN6O3/c1-28-29(2)54(51-44(28)36-15-16-37(22-49)40(47)20-36)26-33-11-7-31(8-12-33)4-3-30-5-9-32(10-6-30)23-52-24-34(25-52)13-14-35-19-39-38(21-41(35)48)27-53(46(39)57)42-17-18-43(55)50-45(42)56/h7-8,11-12,15-16,19-21,30,32,34,42H,5-6,9-10,17-18,23-27H2,1-2H3,(H,50,55,56). The average Bonchev–Trinajstić information content (AvgIpc) is 3.65. The second kappa shape index (κ2) is 16.0. The molecule has 0 radical (unpaired) electrons. The van der Waals surface area contributed by atoms with E-state index < -0.39 is 17.8 Å². The van der Waals surface area contributed by atoms with Gasteiger partial charge in [-0.1, -0.05) is 53.5 Å². The van der Waals surface area contributed by atoms with Gasteiger partial charge in [0.1, 0.15) is 17.9 Å². The van der Waals surface area contributed by atoms with Crippen LogP contribution in [0.5, 0.6) is 0 Å². The number of hydrogen-bond acceptors (Lipinski definition) is 6. The monoisotopic (exact) mass is 780 g/mol.